The van der Waals surface area contributed by atoms with Gasteiger partial charge in [-0.25, -0.2) is 13.9 Å². The minimum atomic E-state index is -0.508. The third kappa shape index (κ3) is 3.24. The number of halogens is 1. The van der Waals surface area contributed by atoms with Crippen LogP contribution in [0.15, 0.2) is 30.6 Å². The monoisotopic (exact) mass is 359 g/mol. The minimum absolute atomic E-state index is 0.205. The number of ketones is 1. The first kappa shape index (κ1) is 16.5. The van der Waals surface area contributed by atoms with Crippen molar-refractivity contribution in [1.29, 1.82) is 0 Å². The number of carbonyl (C=O) groups is 2. The van der Waals surface area contributed by atoms with E-state index in [2.05, 4.69) is 10.3 Å². The Morgan fingerprint density at radius 3 is 2.73 bits per heavy atom. The van der Waals surface area contributed by atoms with Gasteiger partial charge in [0.2, 0.25) is 0 Å². The number of nitrogens with zero attached hydrogens (tertiary/aromatic N) is 5. The predicted molar refractivity (Wildman–Crippen MR) is 90.5 cm³/mol. The number of rotatable bonds is 4. The van der Waals surface area contributed by atoms with E-state index in [1.807, 2.05) is 4.90 Å². The SMILES string of the molecule is O=C1CCN(c2ccc(N3C[C@H](Cn4ccnn4)OC3=O)cc2F)CC1. The minimum Gasteiger partial charge on any atom is -0.442 e. The van der Waals surface area contributed by atoms with Gasteiger partial charge in [-0.1, -0.05) is 5.21 Å². The molecule has 1 atom stereocenters. The van der Waals surface area contributed by atoms with Crippen LogP contribution in [0.4, 0.5) is 20.6 Å². The van der Waals surface area contributed by atoms with E-state index in [9.17, 15) is 14.0 Å². The summed E-state index contributed by atoms with van der Waals surface area (Å²) in [5.74, 6) is -0.208. The van der Waals surface area contributed by atoms with Crippen molar-refractivity contribution in [3.05, 3.63) is 36.4 Å². The Labute approximate surface area is 149 Å². The molecule has 0 N–H and O–H groups in total. The van der Waals surface area contributed by atoms with E-state index in [1.165, 1.54) is 11.0 Å². The molecule has 2 fully saturated rings. The van der Waals surface area contributed by atoms with Gasteiger partial charge in [-0.05, 0) is 18.2 Å². The predicted octanol–water partition coefficient (Wildman–Crippen LogP) is 1.61. The van der Waals surface area contributed by atoms with Crippen LogP contribution in [-0.2, 0) is 16.1 Å². The third-order valence-electron chi connectivity index (χ3n) is 4.64. The van der Waals surface area contributed by atoms with Crippen LogP contribution in [0.1, 0.15) is 12.8 Å². The fraction of sp³-hybridized carbons (Fsp3) is 0.412. The van der Waals surface area contributed by atoms with Crippen molar-refractivity contribution < 1.29 is 18.7 Å². The zero-order chi connectivity index (χ0) is 18.1. The molecule has 0 aliphatic carbocycles. The normalized spacial score (nSPS) is 20.6. The number of hydrogen-bond acceptors (Lipinski definition) is 6. The Bertz CT molecular complexity index is 816. The lowest BCUT2D eigenvalue weighted by atomic mass is 10.1. The first-order chi connectivity index (χ1) is 12.6. The molecule has 1 aromatic heterocycles. The summed E-state index contributed by atoms with van der Waals surface area (Å²) in [6, 6.07) is 4.69. The van der Waals surface area contributed by atoms with Gasteiger partial charge >= 0.3 is 6.09 Å². The molecule has 8 nitrogen and oxygen atoms in total. The van der Waals surface area contributed by atoms with Gasteiger partial charge in [0.15, 0.2) is 0 Å². The number of aromatic nitrogens is 3. The van der Waals surface area contributed by atoms with Crippen molar-refractivity contribution in [2.75, 3.05) is 29.4 Å². The zero-order valence-corrected chi connectivity index (χ0v) is 14.0. The number of Topliss-reactive ketones (excluding diaryl/α,β-unsaturated/α-hetero) is 1. The van der Waals surface area contributed by atoms with Crippen molar-refractivity contribution in [3.8, 4) is 0 Å². The van der Waals surface area contributed by atoms with E-state index in [-0.39, 0.29) is 11.9 Å². The Balaban J connectivity index is 1.47. The molecule has 0 spiro atoms. The topological polar surface area (TPSA) is 80.6 Å². The molecular formula is C17H18FN5O3. The third-order valence-corrected chi connectivity index (χ3v) is 4.64. The van der Waals surface area contributed by atoms with Gasteiger partial charge in [0.05, 0.1) is 30.7 Å². The summed E-state index contributed by atoms with van der Waals surface area (Å²) in [6.45, 7) is 1.74. The molecule has 26 heavy (non-hydrogen) atoms. The van der Waals surface area contributed by atoms with Gasteiger partial charge in [-0.15, -0.1) is 5.10 Å². The average molecular weight is 359 g/mol. The van der Waals surface area contributed by atoms with Gasteiger partial charge in [0.25, 0.3) is 0 Å². The van der Waals surface area contributed by atoms with Gasteiger partial charge in [0, 0.05) is 32.1 Å². The Hall–Kier alpha value is -2.97. The number of anilines is 2. The largest absolute Gasteiger partial charge is 0.442 e. The van der Waals surface area contributed by atoms with Crippen LogP contribution in [-0.4, -0.2) is 52.6 Å². The summed E-state index contributed by atoms with van der Waals surface area (Å²) in [6.07, 6.45) is 3.23. The number of cyclic esters (lactones) is 1. The molecule has 0 bridgehead atoms. The molecule has 9 heteroatoms. The fourth-order valence-electron chi connectivity index (χ4n) is 3.28. The lowest BCUT2D eigenvalue weighted by Gasteiger charge is -2.28. The van der Waals surface area contributed by atoms with Crippen molar-refractivity contribution in [2.24, 2.45) is 0 Å². The van der Waals surface area contributed by atoms with Gasteiger partial charge < -0.3 is 9.64 Å². The summed E-state index contributed by atoms with van der Waals surface area (Å²) in [5.41, 5.74) is 0.901. The highest BCUT2D eigenvalue weighted by molar-refractivity contribution is 5.90. The molecular weight excluding hydrogens is 341 g/mol. The van der Waals surface area contributed by atoms with E-state index in [0.29, 0.717) is 50.4 Å². The molecule has 1 aromatic carbocycles. The van der Waals surface area contributed by atoms with Crippen LogP contribution in [0.3, 0.4) is 0 Å². The van der Waals surface area contributed by atoms with E-state index < -0.39 is 11.9 Å². The Kier molecular flexibility index (Phi) is 4.27. The summed E-state index contributed by atoms with van der Waals surface area (Å²) in [5, 5.41) is 7.57. The quantitative estimate of drug-likeness (QED) is 0.825. The van der Waals surface area contributed by atoms with E-state index in [1.54, 1.807) is 29.2 Å². The van der Waals surface area contributed by atoms with Gasteiger partial charge in [-0.3, -0.25) is 9.69 Å². The number of ether oxygens (including phenoxy) is 1. The maximum Gasteiger partial charge on any atom is 0.414 e. The maximum absolute atomic E-state index is 14.6. The molecule has 2 aromatic rings. The summed E-state index contributed by atoms with van der Waals surface area (Å²) < 4.78 is 21.5. The molecule has 2 saturated heterocycles. The molecule has 0 saturated carbocycles. The average Bonchev–Trinajstić information content (AvgIpc) is 3.26. The van der Waals surface area contributed by atoms with Crippen molar-refractivity contribution in [1.82, 2.24) is 15.0 Å². The summed E-state index contributed by atoms with van der Waals surface area (Å²) in [7, 11) is 0. The molecule has 0 radical (unpaired) electrons. The summed E-state index contributed by atoms with van der Waals surface area (Å²) in [4.78, 5) is 26.7. The van der Waals surface area contributed by atoms with Crippen LogP contribution < -0.4 is 9.80 Å². The van der Waals surface area contributed by atoms with Crippen LogP contribution in [0.25, 0.3) is 0 Å². The summed E-state index contributed by atoms with van der Waals surface area (Å²) >= 11 is 0. The number of benzene rings is 1. The number of amides is 1. The van der Waals surface area contributed by atoms with Crippen molar-refractivity contribution in [2.45, 2.75) is 25.5 Å². The van der Waals surface area contributed by atoms with Gasteiger partial charge in [-0.2, -0.15) is 0 Å². The lowest BCUT2D eigenvalue weighted by Crippen LogP contribution is -2.34. The van der Waals surface area contributed by atoms with E-state index in [0.717, 1.165) is 0 Å². The second-order valence-corrected chi connectivity index (χ2v) is 6.40. The molecule has 4 rings (SSSR count). The Morgan fingerprint density at radius 2 is 2.04 bits per heavy atom. The highest BCUT2D eigenvalue weighted by atomic mass is 19.1. The van der Waals surface area contributed by atoms with Crippen molar-refractivity contribution >= 4 is 23.3 Å². The standard InChI is InChI=1S/C17H18FN5O3/c18-15-9-12(1-2-16(15)21-6-3-13(24)4-7-21)23-11-14(26-17(23)25)10-22-8-5-19-20-22/h1-2,5,8-9,14H,3-4,6-7,10-11H2/t14-/m0/s1. The molecule has 3 heterocycles. The number of carbonyl (C=O) groups excluding carboxylic acids is 2. The first-order valence-corrected chi connectivity index (χ1v) is 8.48. The highest BCUT2D eigenvalue weighted by Crippen LogP contribution is 2.29. The zero-order valence-electron chi connectivity index (χ0n) is 14.0. The first-order valence-electron chi connectivity index (χ1n) is 8.48. The highest BCUT2D eigenvalue weighted by Gasteiger charge is 2.33. The van der Waals surface area contributed by atoms with Crippen LogP contribution in [0.5, 0.6) is 0 Å². The molecule has 0 unspecified atom stereocenters. The second kappa shape index (κ2) is 6.74. The van der Waals surface area contributed by atoms with E-state index >= 15 is 0 Å². The van der Waals surface area contributed by atoms with Gasteiger partial charge in [0.1, 0.15) is 17.7 Å². The molecule has 1 amide bonds. The van der Waals surface area contributed by atoms with Crippen LogP contribution in [0, 0.1) is 5.82 Å². The number of piperidine rings is 1. The second-order valence-electron chi connectivity index (χ2n) is 6.40. The molecule has 2 aliphatic heterocycles. The maximum atomic E-state index is 14.6. The van der Waals surface area contributed by atoms with Crippen LogP contribution in [0.2, 0.25) is 0 Å². The van der Waals surface area contributed by atoms with E-state index in [4.69, 9.17) is 4.74 Å². The molecule has 2 aliphatic rings. The smallest absolute Gasteiger partial charge is 0.414 e. The lowest BCUT2D eigenvalue weighted by molar-refractivity contribution is -0.119. The molecule has 136 valence electrons. The van der Waals surface area contributed by atoms with Crippen molar-refractivity contribution in [3.63, 3.8) is 0 Å². The fourth-order valence-corrected chi connectivity index (χ4v) is 3.28. The Morgan fingerprint density at radius 1 is 1.23 bits per heavy atom. The van der Waals surface area contributed by atoms with Crippen LogP contribution >= 0.6 is 0 Å². The number of hydrogen-bond donors (Lipinski definition) is 0.